The number of nitrogens with zero attached hydrogens (tertiary/aromatic N) is 4. The fourth-order valence-corrected chi connectivity index (χ4v) is 4.64. The van der Waals surface area contributed by atoms with Crippen LogP contribution in [0.15, 0.2) is 23.6 Å². The van der Waals surface area contributed by atoms with Crippen molar-refractivity contribution in [2.24, 2.45) is 0 Å². The highest BCUT2D eigenvalue weighted by Crippen LogP contribution is 2.36. The van der Waals surface area contributed by atoms with E-state index in [2.05, 4.69) is 10.1 Å². The number of halogens is 4. The molecule has 1 aliphatic rings. The lowest BCUT2D eigenvalue weighted by atomic mass is 9.99. The molecule has 0 unspecified atom stereocenters. The Bertz CT molecular complexity index is 1050. The van der Waals surface area contributed by atoms with Crippen molar-refractivity contribution >= 4 is 34.5 Å². The van der Waals surface area contributed by atoms with Crippen LogP contribution in [-0.4, -0.2) is 38.0 Å². The van der Waals surface area contributed by atoms with Gasteiger partial charge in [-0.2, -0.15) is 18.3 Å². The molecule has 0 aromatic carbocycles. The summed E-state index contributed by atoms with van der Waals surface area (Å²) in [5.41, 5.74) is -1.23. The zero-order valence-electron chi connectivity index (χ0n) is 15.5. The highest BCUT2D eigenvalue weighted by molar-refractivity contribution is 7.13. The van der Waals surface area contributed by atoms with E-state index in [-0.39, 0.29) is 28.1 Å². The second kappa shape index (κ2) is 7.60. The normalized spacial score (nSPS) is 17.8. The molecule has 0 N–H and O–H groups in total. The molecule has 0 bridgehead atoms. The van der Waals surface area contributed by atoms with Crippen LogP contribution in [0, 0.1) is 0 Å². The van der Waals surface area contributed by atoms with Gasteiger partial charge in [0.05, 0.1) is 10.6 Å². The number of hydrogen-bond donors (Lipinski definition) is 0. The number of carbonyl (C=O) groups excluding carboxylic acids is 1. The molecule has 3 aromatic heterocycles. The van der Waals surface area contributed by atoms with Gasteiger partial charge in [0, 0.05) is 12.6 Å². The maximum atomic E-state index is 13.7. The molecule has 10 heteroatoms. The standard InChI is InChI=1S/C19H18ClF3N4OS/c1-2-11-6-3-4-8-26(11)18(28)16-15(20)17-24-12(13-7-5-9-29-13)10-14(19(21,22)23)27(17)25-16/h5,7,9-11H,2-4,6,8H2,1H3/t11-/m0/s1. The van der Waals surface area contributed by atoms with E-state index in [0.717, 1.165) is 31.7 Å². The number of amides is 1. The Morgan fingerprint density at radius 1 is 1.38 bits per heavy atom. The molecule has 4 rings (SSSR count). The number of fused-ring (bicyclic) bond motifs is 1. The summed E-state index contributed by atoms with van der Waals surface area (Å²) in [5, 5.41) is 5.56. The molecule has 0 aliphatic carbocycles. The van der Waals surface area contributed by atoms with E-state index in [1.165, 1.54) is 11.3 Å². The van der Waals surface area contributed by atoms with E-state index < -0.39 is 17.8 Å². The molecule has 1 saturated heterocycles. The third kappa shape index (κ3) is 3.61. The molecular formula is C19H18ClF3N4OS. The van der Waals surface area contributed by atoms with Gasteiger partial charge in [-0.1, -0.05) is 24.6 Å². The van der Waals surface area contributed by atoms with Crippen molar-refractivity contribution in [3.8, 4) is 10.6 Å². The van der Waals surface area contributed by atoms with E-state index in [1.54, 1.807) is 22.4 Å². The third-order valence-corrected chi connectivity index (χ3v) is 6.40. The number of piperidine rings is 1. The van der Waals surface area contributed by atoms with Gasteiger partial charge >= 0.3 is 6.18 Å². The van der Waals surface area contributed by atoms with Crippen LogP contribution in [0.2, 0.25) is 5.02 Å². The highest BCUT2D eigenvalue weighted by atomic mass is 35.5. The first kappa shape index (κ1) is 20.2. The SMILES string of the molecule is CC[C@H]1CCCCN1C(=O)c1nn2c(C(F)(F)F)cc(-c3cccs3)nc2c1Cl. The van der Waals surface area contributed by atoms with Gasteiger partial charge in [-0.05, 0) is 43.2 Å². The van der Waals surface area contributed by atoms with Crippen molar-refractivity contribution in [2.45, 2.75) is 44.8 Å². The first-order chi connectivity index (χ1) is 13.8. The molecule has 0 saturated carbocycles. The predicted molar refractivity (Wildman–Crippen MR) is 105 cm³/mol. The summed E-state index contributed by atoms with van der Waals surface area (Å²) in [6.07, 6.45) is -1.18. The Labute approximate surface area is 174 Å². The van der Waals surface area contributed by atoms with Crippen molar-refractivity contribution in [1.29, 1.82) is 0 Å². The van der Waals surface area contributed by atoms with Crippen LogP contribution in [0.25, 0.3) is 16.2 Å². The van der Waals surface area contributed by atoms with Gasteiger partial charge in [-0.3, -0.25) is 4.79 Å². The summed E-state index contributed by atoms with van der Waals surface area (Å²) < 4.78 is 41.8. The number of aromatic nitrogens is 3. The zero-order chi connectivity index (χ0) is 20.8. The van der Waals surface area contributed by atoms with Gasteiger partial charge in [-0.25, -0.2) is 9.50 Å². The molecule has 1 amide bonds. The predicted octanol–water partition coefficient (Wildman–Crippen LogP) is 5.53. The Balaban J connectivity index is 1.87. The number of likely N-dealkylation sites (tertiary alicyclic amines) is 1. The lowest BCUT2D eigenvalue weighted by Crippen LogP contribution is -2.43. The number of thiophene rings is 1. The lowest BCUT2D eigenvalue weighted by molar-refractivity contribution is -0.142. The maximum Gasteiger partial charge on any atom is 0.433 e. The van der Waals surface area contributed by atoms with E-state index in [9.17, 15) is 18.0 Å². The van der Waals surface area contributed by atoms with Gasteiger partial charge in [0.1, 0.15) is 5.02 Å². The van der Waals surface area contributed by atoms with Crippen LogP contribution in [0.1, 0.15) is 48.8 Å². The fraction of sp³-hybridized carbons (Fsp3) is 0.421. The van der Waals surface area contributed by atoms with Crippen LogP contribution < -0.4 is 0 Å². The average Bonchev–Trinajstić information content (AvgIpc) is 3.34. The molecule has 0 radical (unpaired) electrons. The summed E-state index contributed by atoms with van der Waals surface area (Å²) in [5.74, 6) is -0.446. The maximum absolute atomic E-state index is 13.7. The van der Waals surface area contributed by atoms with E-state index in [4.69, 9.17) is 11.6 Å². The molecular weight excluding hydrogens is 425 g/mol. The Hall–Kier alpha value is -2.13. The van der Waals surface area contributed by atoms with Crippen molar-refractivity contribution in [3.05, 3.63) is 40.0 Å². The van der Waals surface area contributed by atoms with Crippen LogP contribution in [0.4, 0.5) is 13.2 Å². The summed E-state index contributed by atoms with van der Waals surface area (Å²) in [6, 6.07) is 4.38. The van der Waals surface area contributed by atoms with E-state index in [1.807, 2.05) is 6.92 Å². The molecule has 1 fully saturated rings. The van der Waals surface area contributed by atoms with Crippen molar-refractivity contribution in [2.75, 3.05) is 6.54 Å². The zero-order valence-corrected chi connectivity index (χ0v) is 17.1. The molecule has 3 aromatic rings. The first-order valence-corrected chi connectivity index (χ1v) is 10.6. The number of hydrogen-bond acceptors (Lipinski definition) is 4. The molecule has 0 spiro atoms. The summed E-state index contributed by atoms with van der Waals surface area (Å²) in [4.78, 5) is 19.6. The Morgan fingerprint density at radius 2 is 2.17 bits per heavy atom. The minimum atomic E-state index is -4.68. The molecule has 154 valence electrons. The van der Waals surface area contributed by atoms with Gasteiger partial charge in [0.25, 0.3) is 5.91 Å². The molecule has 1 aliphatic heterocycles. The number of rotatable bonds is 3. The van der Waals surface area contributed by atoms with Crippen LogP contribution >= 0.6 is 22.9 Å². The number of carbonyl (C=O) groups is 1. The van der Waals surface area contributed by atoms with E-state index in [0.29, 0.717) is 15.9 Å². The average molecular weight is 443 g/mol. The Morgan fingerprint density at radius 3 is 2.83 bits per heavy atom. The van der Waals surface area contributed by atoms with Gasteiger partial charge in [-0.15, -0.1) is 11.3 Å². The molecule has 29 heavy (non-hydrogen) atoms. The Kier molecular flexibility index (Phi) is 5.29. The fourth-order valence-electron chi connectivity index (χ4n) is 3.71. The van der Waals surface area contributed by atoms with Gasteiger partial charge in [0.2, 0.25) is 0 Å². The summed E-state index contributed by atoms with van der Waals surface area (Å²) >= 11 is 7.63. The minimum Gasteiger partial charge on any atom is -0.334 e. The van der Waals surface area contributed by atoms with Crippen molar-refractivity contribution < 1.29 is 18.0 Å². The largest absolute Gasteiger partial charge is 0.433 e. The van der Waals surface area contributed by atoms with Crippen molar-refractivity contribution in [1.82, 2.24) is 19.5 Å². The van der Waals surface area contributed by atoms with Gasteiger partial charge < -0.3 is 4.90 Å². The van der Waals surface area contributed by atoms with E-state index >= 15 is 0 Å². The highest BCUT2D eigenvalue weighted by Gasteiger charge is 2.38. The van der Waals surface area contributed by atoms with Gasteiger partial charge in [0.15, 0.2) is 17.0 Å². The van der Waals surface area contributed by atoms with Crippen LogP contribution in [0.5, 0.6) is 0 Å². The molecule has 5 nitrogen and oxygen atoms in total. The summed E-state index contributed by atoms with van der Waals surface area (Å²) in [6.45, 7) is 2.53. The van der Waals surface area contributed by atoms with Crippen LogP contribution in [-0.2, 0) is 6.18 Å². The first-order valence-electron chi connectivity index (χ1n) is 9.32. The monoisotopic (exact) mass is 442 g/mol. The smallest absolute Gasteiger partial charge is 0.334 e. The minimum absolute atomic E-state index is 0.0360. The molecule has 4 heterocycles. The molecule has 1 atom stereocenters. The third-order valence-electron chi connectivity index (χ3n) is 5.16. The quantitative estimate of drug-likeness (QED) is 0.535. The second-order valence-corrected chi connectivity index (χ2v) is 8.28. The topological polar surface area (TPSA) is 50.5 Å². The number of alkyl halides is 3. The second-order valence-electron chi connectivity index (χ2n) is 6.96. The van der Waals surface area contributed by atoms with Crippen molar-refractivity contribution in [3.63, 3.8) is 0 Å². The lowest BCUT2D eigenvalue weighted by Gasteiger charge is -2.34. The van der Waals surface area contributed by atoms with Crippen LogP contribution in [0.3, 0.4) is 0 Å². The summed E-state index contributed by atoms with van der Waals surface area (Å²) in [7, 11) is 0.